The lowest BCUT2D eigenvalue weighted by molar-refractivity contribution is 0.209. The van der Waals surface area contributed by atoms with E-state index in [1.54, 1.807) is 19.1 Å². The van der Waals surface area contributed by atoms with Gasteiger partial charge in [-0.25, -0.2) is 4.39 Å². The summed E-state index contributed by atoms with van der Waals surface area (Å²) in [6.45, 7) is 3.37. The molecular formula is C11H16FNO. The Morgan fingerprint density at radius 2 is 2.14 bits per heavy atom. The van der Waals surface area contributed by atoms with E-state index in [2.05, 4.69) is 0 Å². The molecule has 0 aromatic heterocycles. The Balaban J connectivity index is 3.27. The van der Waals surface area contributed by atoms with E-state index in [4.69, 9.17) is 10.8 Å². The van der Waals surface area contributed by atoms with Crippen molar-refractivity contribution in [3.05, 3.63) is 35.1 Å². The van der Waals surface area contributed by atoms with E-state index in [0.29, 0.717) is 17.5 Å². The maximum Gasteiger partial charge on any atom is 0.126 e. The van der Waals surface area contributed by atoms with Crippen molar-refractivity contribution in [1.29, 1.82) is 0 Å². The standard InChI is InChI=1S/C11H16FNO/c1-3-8-9(11(2,13)7-14)5-4-6-10(8)12/h4-6,14H,3,7,13H2,1-2H3/t11-/m0/s1. The van der Waals surface area contributed by atoms with Crippen LogP contribution in [-0.2, 0) is 12.0 Å². The molecule has 0 saturated carbocycles. The first-order valence-corrected chi connectivity index (χ1v) is 4.70. The Morgan fingerprint density at radius 3 is 2.64 bits per heavy atom. The third-order valence-corrected chi connectivity index (χ3v) is 2.42. The highest BCUT2D eigenvalue weighted by molar-refractivity contribution is 5.34. The van der Waals surface area contributed by atoms with Crippen LogP contribution in [0.1, 0.15) is 25.0 Å². The van der Waals surface area contributed by atoms with Gasteiger partial charge in [0.05, 0.1) is 12.1 Å². The molecule has 0 aliphatic rings. The Morgan fingerprint density at radius 1 is 1.50 bits per heavy atom. The number of benzene rings is 1. The molecule has 0 aliphatic carbocycles. The summed E-state index contributed by atoms with van der Waals surface area (Å²) in [5.74, 6) is -0.255. The predicted molar refractivity (Wildman–Crippen MR) is 54.4 cm³/mol. The van der Waals surface area contributed by atoms with Gasteiger partial charge in [-0.1, -0.05) is 19.1 Å². The van der Waals surface area contributed by atoms with Gasteiger partial charge >= 0.3 is 0 Å². The van der Waals surface area contributed by atoms with Crippen LogP contribution in [0.2, 0.25) is 0 Å². The van der Waals surface area contributed by atoms with E-state index in [-0.39, 0.29) is 12.4 Å². The molecule has 1 atom stereocenters. The number of nitrogens with two attached hydrogens (primary N) is 1. The summed E-state index contributed by atoms with van der Waals surface area (Å²) >= 11 is 0. The molecule has 0 spiro atoms. The molecular weight excluding hydrogens is 181 g/mol. The van der Waals surface area contributed by atoms with Crippen molar-refractivity contribution in [3.8, 4) is 0 Å². The lowest BCUT2D eigenvalue weighted by atomic mass is 9.88. The third-order valence-electron chi connectivity index (χ3n) is 2.42. The van der Waals surface area contributed by atoms with Gasteiger partial charge in [-0.05, 0) is 30.5 Å². The van der Waals surface area contributed by atoms with Crippen LogP contribution in [0.15, 0.2) is 18.2 Å². The van der Waals surface area contributed by atoms with E-state index < -0.39 is 5.54 Å². The van der Waals surface area contributed by atoms with Crippen molar-refractivity contribution >= 4 is 0 Å². The second-order valence-corrected chi connectivity index (χ2v) is 3.70. The van der Waals surface area contributed by atoms with Crippen molar-refractivity contribution in [2.24, 2.45) is 5.73 Å². The highest BCUT2D eigenvalue weighted by Gasteiger charge is 2.23. The van der Waals surface area contributed by atoms with E-state index in [0.717, 1.165) is 0 Å². The fraction of sp³-hybridized carbons (Fsp3) is 0.455. The van der Waals surface area contributed by atoms with Gasteiger partial charge in [0.15, 0.2) is 0 Å². The first kappa shape index (κ1) is 11.1. The second kappa shape index (κ2) is 4.07. The summed E-state index contributed by atoms with van der Waals surface area (Å²) in [6, 6.07) is 4.79. The number of rotatable bonds is 3. The van der Waals surface area contributed by atoms with E-state index >= 15 is 0 Å². The maximum absolute atomic E-state index is 13.4. The summed E-state index contributed by atoms with van der Waals surface area (Å²) in [5.41, 5.74) is 6.27. The number of aliphatic hydroxyl groups is 1. The van der Waals surface area contributed by atoms with Crippen LogP contribution in [0.25, 0.3) is 0 Å². The molecule has 0 heterocycles. The topological polar surface area (TPSA) is 46.2 Å². The van der Waals surface area contributed by atoms with Gasteiger partial charge in [-0.15, -0.1) is 0 Å². The highest BCUT2D eigenvalue weighted by Crippen LogP contribution is 2.24. The Kier molecular flexibility index (Phi) is 3.24. The molecule has 0 amide bonds. The zero-order valence-corrected chi connectivity index (χ0v) is 8.55. The fourth-order valence-electron chi connectivity index (χ4n) is 1.54. The summed E-state index contributed by atoms with van der Waals surface area (Å²) in [6.07, 6.45) is 0.578. The van der Waals surface area contributed by atoms with E-state index in [1.807, 2.05) is 6.92 Å². The molecule has 1 rings (SSSR count). The molecule has 3 N–H and O–H groups in total. The number of hydrogen-bond donors (Lipinski definition) is 2. The van der Waals surface area contributed by atoms with Crippen LogP contribution in [0.4, 0.5) is 4.39 Å². The number of halogens is 1. The van der Waals surface area contributed by atoms with Gasteiger partial charge in [0.1, 0.15) is 5.82 Å². The normalized spacial score (nSPS) is 15.2. The van der Waals surface area contributed by atoms with Gasteiger partial charge in [0.25, 0.3) is 0 Å². The quantitative estimate of drug-likeness (QED) is 0.772. The largest absolute Gasteiger partial charge is 0.394 e. The minimum absolute atomic E-state index is 0.191. The van der Waals surface area contributed by atoms with E-state index in [9.17, 15) is 4.39 Å². The molecule has 1 aromatic rings. The number of hydrogen-bond acceptors (Lipinski definition) is 2. The van der Waals surface area contributed by atoms with Gasteiger partial charge in [-0.2, -0.15) is 0 Å². The molecule has 0 aliphatic heterocycles. The summed E-state index contributed by atoms with van der Waals surface area (Å²) in [4.78, 5) is 0. The minimum atomic E-state index is -0.868. The molecule has 78 valence electrons. The molecule has 0 saturated heterocycles. The van der Waals surface area contributed by atoms with Crippen LogP contribution in [0.3, 0.4) is 0 Å². The first-order chi connectivity index (χ1) is 6.53. The SMILES string of the molecule is CCc1c(F)cccc1[C@@](C)(N)CO. The molecule has 14 heavy (non-hydrogen) atoms. The summed E-state index contributed by atoms with van der Waals surface area (Å²) in [5, 5.41) is 9.11. The minimum Gasteiger partial charge on any atom is -0.394 e. The molecule has 0 radical (unpaired) electrons. The van der Waals surface area contributed by atoms with Crippen LogP contribution in [0, 0.1) is 5.82 Å². The van der Waals surface area contributed by atoms with E-state index in [1.165, 1.54) is 6.07 Å². The lowest BCUT2D eigenvalue weighted by Gasteiger charge is -2.25. The van der Waals surface area contributed by atoms with Crippen molar-refractivity contribution in [3.63, 3.8) is 0 Å². The summed E-state index contributed by atoms with van der Waals surface area (Å²) in [7, 11) is 0. The van der Waals surface area contributed by atoms with Crippen LogP contribution >= 0.6 is 0 Å². The average molecular weight is 197 g/mol. The Labute approximate surface area is 83.6 Å². The first-order valence-electron chi connectivity index (χ1n) is 4.70. The third kappa shape index (κ3) is 1.94. The van der Waals surface area contributed by atoms with Gasteiger partial charge in [0.2, 0.25) is 0 Å². The zero-order chi connectivity index (χ0) is 10.8. The summed E-state index contributed by atoms with van der Waals surface area (Å²) < 4.78 is 13.4. The van der Waals surface area contributed by atoms with Crippen LogP contribution in [-0.4, -0.2) is 11.7 Å². The maximum atomic E-state index is 13.4. The van der Waals surface area contributed by atoms with Crippen molar-refractivity contribution in [2.75, 3.05) is 6.61 Å². The van der Waals surface area contributed by atoms with Gasteiger partial charge in [0, 0.05) is 0 Å². The number of aliphatic hydroxyl groups excluding tert-OH is 1. The molecule has 3 heteroatoms. The molecule has 1 aromatic carbocycles. The molecule has 0 fully saturated rings. The molecule has 0 unspecified atom stereocenters. The van der Waals surface area contributed by atoms with Crippen LogP contribution < -0.4 is 5.73 Å². The monoisotopic (exact) mass is 197 g/mol. The fourth-order valence-corrected chi connectivity index (χ4v) is 1.54. The van der Waals surface area contributed by atoms with Gasteiger partial charge in [-0.3, -0.25) is 0 Å². The lowest BCUT2D eigenvalue weighted by Crippen LogP contribution is -2.38. The Bertz CT molecular complexity index is 323. The molecule has 2 nitrogen and oxygen atoms in total. The van der Waals surface area contributed by atoms with Crippen molar-refractivity contribution in [1.82, 2.24) is 0 Å². The van der Waals surface area contributed by atoms with Gasteiger partial charge < -0.3 is 10.8 Å². The van der Waals surface area contributed by atoms with Crippen molar-refractivity contribution in [2.45, 2.75) is 25.8 Å². The van der Waals surface area contributed by atoms with Crippen LogP contribution in [0.5, 0.6) is 0 Å². The predicted octanol–water partition coefficient (Wildman–Crippen LogP) is 1.55. The van der Waals surface area contributed by atoms with Crippen molar-refractivity contribution < 1.29 is 9.50 Å². The second-order valence-electron chi connectivity index (χ2n) is 3.70. The Hall–Kier alpha value is -0.930. The highest BCUT2D eigenvalue weighted by atomic mass is 19.1. The smallest absolute Gasteiger partial charge is 0.126 e. The average Bonchev–Trinajstić information content (AvgIpc) is 2.17. The molecule has 0 bridgehead atoms. The zero-order valence-electron chi connectivity index (χ0n) is 8.55.